The molecule has 0 spiro atoms. The summed E-state index contributed by atoms with van der Waals surface area (Å²) in [7, 11) is -2.40. The Balaban J connectivity index is 1.71. The van der Waals surface area contributed by atoms with Crippen molar-refractivity contribution in [1.82, 2.24) is 15.4 Å². The molecule has 8 nitrogen and oxygen atoms in total. The first-order valence-electron chi connectivity index (χ1n) is 8.17. The van der Waals surface area contributed by atoms with Crippen molar-refractivity contribution in [2.24, 2.45) is 0 Å². The quantitative estimate of drug-likeness (QED) is 0.605. The highest BCUT2D eigenvalue weighted by molar-refractivity contribution is 7.89. The van der Waals surface area contributed by atoms with E-state index in [9.17, 15) is 18.0 Å². The number of hydrogen-bond acceptors (Lipinski definition) is 5. The van der Waals surface area contributed by atoms with E-state index in [0.717, 1.165) is 25.7 Å². The van der Waals surface area contributed by atoms with E-state index in [-0.39, 0.29) is 40.7 Å². The highest BCUT2D eigenvalue weighted by atomic mass is 32.2. The summed E-state index contributed by atoms with van der Waals surface area (Å²) in [5, 5.41) is 5.26. The second-order valence-electron chi connectivity index (χ2n) is 6.29. The Bertz CT molecular complexity index is 785. The van der Waals surface area contributed by atoms with Crippen LogP contribution >= 0.6 is 0 Å². The molecule has 0 unspecified atom stereocenters. The van der Waals surface area contributed by atoms with Gasteiger partial charge in [-0.15, -0.1) is 0 Å². The van der Waals surface area contributed by atoms with E-state index in [1.807, 2.05) is 0 Å². The molecule has 0 atom stereocenters. The molecule has 9 heteroatoms. The van der Waals surface area contributed by atoms with Gasteiger partial charge in [-0.2, -0.15) is 0 Å². The van der Waals surface area contributed by atoms with Gasteiger partial charge in [0.2, 0.25) is 15.9 Å². The lowest BCUT2D eigenvalue weighted by molar-refractivity contribution is -0.120. The number of carbonyl (C=O) groups excluding carboxylic acids is 2. The standard InChI is InChI=1S/C16H21N3O5S/c1-24-13-7-2-10(8-14(13)25(22,23)19-12-5-6-12)16(21)17-9-15(20)18-11-3-4-11/h2,7-8,11-12,19H,3-6,9H2,1H3,(H,17,21)(H,18,20). The van der Waals surface area contributed by atoms with Crippen LogP contribution in [0.2, 0.25) is 0 Å². The highest BCUT2D eigenvalue weighted by Gasteiger charge is 2.30. The minimum Gasteiger partial charge on any atom is -0.495 e. The molecule has 3 N–H and O–H groups in total. The Morgan fingerprint density at radius 2 is 1.84 bits per heavy atom. The Kier molecular flexibility index (Phi) is 4.96. The van der Waals surface area contributed by atoms with Crippen LogP contribution in [0.4, 0.5) is 0 Å². The second kappa shape index (κ2) is 7.01. The van der Waals surface area contributed by atoms with Crippen LogP contribution in [0, 0.1) is 0 Å². The van der Waals surface area contributed by atoms with Crippen molar-refractivity contribution in [2.45, 2.75) is 42.7 Å². The van der Waals surface area contributed by atoms with Gasteiger partial charge < -0.3 is 15.4 Å². The third kappa shape index (κ3) is 4.70. The van der Waals surface area contributed by atoms with Crippen molar-refractivity contribution in [3.05, 3.63) is 23.8 Å². The first kappa shape index (κ1) is 17.7. The normalized spacial score (nSPS) is 17.0. The Hall–Kier alpha value is -2.13. The summed E-state index contributed by atoms with van der Waals surface area (Å²) >= 11 is 0. The topological polar surface area (TPSA) is 114 Å². The molecule has 25 heavy (non-hydrogen) atoms. The molecule has 0 saturated heterocycles. The number of benzene rings is 1. The smallest absolute Gasteiger partial charge is 0.251 e. The summed E-state index contributed by atoms with van der Waals surface area (Å²) in [5.41, 5.74) is 0.149. The number of amides is 2. The second-order valence-corrected chi connectivity index (χ2v) is 7.97. The molecule has 0 radical (unpaired) electrons. The van der Waals surface area contributed by atoms with Crippen molar-refractivity contribution in [3.63, 3.8) is 0 Å². The van der Waals surface area contributed by atoms with E-state index in [1.54, 1.807) is 0 Å². The third-order valence-corrected chi connectivity index (χ3v) is 5.51. The largest absolute Gasteiger partial charge is 0.495 e. The maximum Gasteiger partial charge on any atom is 0.251 e. The SMILES string of the molecule is COc1ccc(C(=O)NCC(=O)NC2CC2)cc1S(=O)(=O)NC1CC1. The maximum absolute atomic E-state index is 12.4. The summed E-state index contributed by atoms with van der Waals surface area (Å²) in [6.45, 7) is -0.149. The van der Waals surface area contributed by atoms with Crippen molar-refractivity contribution in [1.29, 1.82) is 0 Å². The lowest BCUT2D eigenvalue weighted by Gasteiger charge is -2.12. The molecule has 1 aromatic carbocycles. The fraction of sp³-hybridized carbons (Fsp3) is 0.500. The van der Waals surface area contributed by atoms with Gasteiger partial charge in [-0.1, -0.05) is 0 Å². The summed E-state index contributed by atoms with van der Waals surface area (Å²) in [6, 6.07) is 4.32. The molecule has 2 aliphatic rings. The lowest BCUT2D eigenvalue weighted by atomic mass is 10.2. The van der Waals surface area contributed by atoms with E-state index in [1.165, 1.54) is 25.3 Å². The highest BCUT2D eigenvalue weighted by Crippen LogP contribution is 2.28. The van der Waals surface area contributed by atoms with Crippen LogP contribution in [-0.2, 0) is 14.8 Å². The number of carbonyl (C=O) groups is 2. The average molecular weight is 367 g/mol. The summed E-state index contributed by atoms with van der Waals surface area (Å²) in [5.74, 6) is -0.611. The maximum atomic E-state index is 12.4. The number of nitrogens with one attached hydrogen (secondary N) is 3. The summed E-state index contributed by atoms with van der Waals surface area (Å²) in [6.07, 6.45) is 3.54. The Morgan fingerprint density at radius 3 is 2.44 bits per heavy atom. The molecular formula is C16H21N3O5S. The van der Waals surface area contributed by atoms with Crippen LogP contribution in [0.3, 0.4) is 0 Å². The molecule has 2 fully saturated rings. The zero-order chi connectivity index (χ0) is 18.0. The van der Waals surface area contributed by atoms with Crippen molar-refractivity contribution in [3.8, 4) is 5.75 Å². The van der Waals surface area contributed by atoms with Gasteiger partial charge in [0.15, 0.2) is 0 Å². The van der Waals surface area contributed by atoms with E-state index in [0.29, 0.717) is 0 Å². The van der Waals surface area contributed by atoms with Gasteiger partial charge in [-0.05, 0) is 43.9 Å². The minimum atomic E-state index is -3.77. The monoisotopic (exact) mass is 367 g/mol. The lowest BCUT2D eigenvalue weighted by Crippen LogP contribution is -2.37. The van der Waals surface area contributed by atoms with E-state index in [4.69, 9.17) is 4.74 Å². The van der Waals surface area contributed by atoms with E-state index < -0.39 is 15.9 Å². The Labute approximate surface area is 146 Å². The zero-order valence-corrected chi connectivity index (χ0v) is 14.7. The van der Waals surface area contributed by atoms with Crippen LogP contribution in [-0.4, -0.2) is 46.0 Å². The first-order chi connectivity index (χ1) is 11.9. The van der Waals surface area contributed by atoms with Gasteiger partial charge in [0.05, 0.1) is 13.7 Å². The first-order valence-corrected chi connectivity index (χ1v) is 9.65. The predicted octanol–water partition coefficient (Wildman–Crippen LogP) is 0.144. The average Bonchev–Trinajstić information content (AvgIpc) is 3.49. The molecular weight excluding hydrogens is 346 g/mol. The zero-order valence-electron chi connectivity index (χ0n) is 13.9. The molecule has 1 aromatic rings. The molecule has 2 amide bonds. The van der Waals surface area contributed by atoms with E-state index in [2.05, 4.69) is 15.4 Å². The summed E-state index contributed by atoms with van der Waals surface area (Å²) < 4.78 is 32.6. The van der Waals surface area contributed by atoms with Crippen LogP contribution in [0.15, 0.2) is 23.1 Å². The predicted molar refractivity (Wildman–Crippen MR) is 89.8 cm³/mol. The van der Waals surface area contributed by atoms with E-state index >= 15 is 0 Å². The van der Waals surface area contributed by atoms with Crippen molar-refractivity contribution >= 4 is 21.8 Å². The third-order valence-electron chi connectivity index (χ3n) is 3.97. The van der Waals surface area contributed by atoms with Gasteiger partial charge in [0, 0.05) is 17.6 Å². The molecule has 0 bridgehead atoms. The van der Waals surface area contributed by atoms with Gasteiger partial charge in [-0.3, -0.25) is 9.59 Å². The molecule has 0 aliphatic heterocycles. The molecule has 3 rings (SSSR count). The summed E-state index contributed by atoms with van der Waals surface area (Å²) in [4.78, 5) is 23.8. The number of rotatable bonds is 8. The fourth-order valence-corrected chi connectivity index (χ4v) is 3.78. The molecule has 136 valence electrons. The molecule has 2 aliphatic carbocycles. The number of methoxy groups -OCH3 is 1. The van der Waals surface area contributed by atoms with Crippen LogP contribution in [0.5, 0.6) is 5.75 Å². The van der Waals surface area contributed by atoms with Gasteiger partial charge in [0.1, 0.15) is 10.6 Å². The number of sulfonamides is 1. The van der Waals surface area contributed by atoms with Gasteiger partial charge >= 0.3 is 0 Å². The number of ether oxygens (including phenoxy) is 1. The van der Waals surface area contributed by atoms with Gasteiger partial charge in [0.25, 0.3) is 5.91 Å². The van der Waals surface area contributed by atoms with Crippen molar-refractivity contribution in [2.75, 3.05) is 13.7 Å². The molecule has 0 aromatic heterocycles. The van der Waals surface area contributed by atoms with Crippen LogP contribution in [0.25, 0.3) is 0 Å². The van der Waals surface area contributed by atoms with Crippen molar-refractivity contribution < 1.29 is 22.7 Å². The minimum absolute atomic E-state index is 0.0571. The molecule has 2 saturated carbocycles. The fourth-order valence-electron chi connectivity index (χ4n) is 2.28. The molecule has 0 heterocycles. The van der Waals surface area contributed by atoms with Crippen LogP contribution < -0.4 is 20.1 Å². The van der Waals surface area contributed by atoms with Crippen LogP contribution in [0.1, 0.15) is 36.0 Å². The Morgan fingerprint density at radius 1 is 1.16 bits per heavy atom. The number of hydrogen-bond donors (Lipinski definition) is 3. The van der Waals surface area contributed by atoms with Gasteiger partial charge in [-0.25, -0.2) is 13.1 Å².